The molecule has 20 heavy (non-hydrogen) atoms. The molecule has 1 aromatic rings. The lowest BCUT2D eigenvalue weighted by Gasteiger charge is -2.44. The second kappa shape index (κ2) is 5.92. The number of nitrogens with zero attached hydrogens (tertiary/aromatic N) is 1. The average Bonchev–Trinajstić information content (AvgIpc) is 2.42. The summed E-state index contributed by atoms with van der Waals surface area (Å²) in [6.45, 7) is 2.44. The summed E-state index contributed by atoms with van der Waals surface area (Å²) in [5.41, 5.74) is 5.66. The zero-order valence-electron chi connectivity index (χ0n) is 11.4. The van der Waals surface area contributed by atoms with Crippen molar-refractivity contribution in [2.75, 3.05) is 19.7 Å². The molecule has 108 valence electrons. The molecular formula is C14H18N2O4. The molecule has 1 aliphatic rings. The van der Waals surface area contributed by atoms with Gasteiger partial charge in [-0.1, -0.05) is 30.3 Å². The second-order valence-electron chi connectivity index (χ2n) is 4.77. The highest BCUT2D eigenvalue weighted by molar-refractivity contribution is 5.85. The lowest BCUT2D eigenvalue weighted by molar-refractivity contribution is -0.155. The van der Waals surface area contributed by atoms with Gasteiger partial charge in [0.15, 0.2) is 5.54 Å². The molecule has 1 fully saturated rings. The standard InChI is InChI=1S/C14H18N2O4/c1-2-19-12(17)14(15)9-16(10-14)13(18)20-8-11-6-4-3-5-7-11/h3-7H,2,8-10,15H2,1H3. The molecule has 1 aliphatic heterocycles. The fourth-order valence-corrected chi connectivity index (χ4v) is 1.98. The summed E-state index contributed by atoms with van der Waals surface area (Å²) in [5, 5.41) is 0. The Morgan fingerprint density at radius 2 is 1.90 bits per heavy atom. The summed E-state index contributed by atoms with van der Waals surface area (Å²) in [6, 6.07) is 9.38. The molecule has 6 heteroatoms. The minimum Gasteiger partial charge on any atom is -0.465 e. The van der Waals surface area contributed by atoms with Gasteiger partial charge in [0.1, 0.15) is 6.61 Å². The van der Waals surface area contributed by atoms with Gasteiger partial charge in [0.05, 0.1) is 19.7 Å². The van der Waals surface area contributed by atoms with Gasteiger partial charge < -0.3 is 20.1 Å². The van der Waals surface area contributed by atoms with Crippen molar-refractivity contribution in [3.8, 4) is 0 Å². The first-order valence-corrected chi connectivity index (χ1v) is 6.47. The molecule has 0 unspecified atom stereocenters. The minimum absolute atomic E-state index is 0.124. The molecule has 2 N–H and O–H groups in total. The normalized spacial score (nSPS) is 16.2. The van der Waals surface area contributed by atoms with Gasteiger partial charge >= 0.3 is 12.1 Å². The molecule has 0 spiro atoms. The van der Waals surface area contributed by atoms with Crippen LogP contribution in [-0.2, 0) is 20.9 Å². The molecule has 0 aliphatic carbocycles. The number of benzene rings is 1. The third-order valence-corrected chi connectivity index (χ3v) is 3.09. The maximum absolute atomic E-state index is 11.8. The lowest BCUT2D eigenvalue weighted by Crippen LogP contribution is -2.72. The number of likely N-dealkylation sites (tertiary alicyclic amines) is 1. The molecule has 2 rings (SSSR count). The van der Waals surface area contributed by atoms with E-state index in [0.717, 1.165) is 5.56 Å². The summed E-state index contributed by atoms with van der Waals surface area (Å²) in [7, 11) is 0. The van der Waals surface area contributed by atoms with Crippen molar-refractivity contribution in [2.24, 2.45) is 5.73 Å². The quantitative estimate of drug-likeness (QED) is 0.827. The van der Waals surface area contributed by atoms with Crippen LogP contribution in [0, 0.1) is 0 Å². The van der Waals surface area contributed by atoms with E-state index in [9.17, 15) is 9.59 Å². The fraction of sp³-hybridized carbons (Fsp3) is 0.429. The highest BCUT2D eigenvalue weighted by Gasteiger charge is 2.49. The van der Waals surface area contributed by atoms with Crippen LogP contribution >= 0.6 is 0 Å². The Kier molecular flexibility index (Phi) is 4.24. The summed E-state index contributed by atoms with van der Waals surface area (Å²) in [5.74, 6) is -0.480. The van der Waals surface area contributed by atoms with E-state index in [-0.39, 0.29) is 26.3 Å². The summed E-state index contributed by atoms with van der Waals surface area (Å²) in [4.78, 5) is 24.7. The topological polar surface area (TPSA) is 81.9 Å². The Hall–Kier alpha value is -2.08. The molecule has 0 radical (unpaired) electrons. The lowest BCUT2D eigenvalue weighted by atomic mass is 9.92. The largest absolute Gasteiger partial charge is 0.465 e. The Morgan fingerprint density at radius 1 is 1.25 bits per heavy atom. The molecule has 0 aromatic heterocycles. The summed E-state index contributed by atoms with van der Waals surface area (Å²) >= 11 is 0. The van der Waals surface area contributed by atoms with Gasteiger partial charge in [-0.05, 0) is 12.5 Å². The molecule has 0 saturated carbocycles. The summed E-state index contributed by atoms with van der Waals surface area (Å²) < 4.78 is 10.0. The van der Waals surface area contributed by atoms with E-state index in [1.54, 1.807) is 6.92 Å². The van der Waals surface area contributed by atoms with E-state index < -0.39 is 17.6 Å². The molecule has 1 aromatic carbocycles. The highest BCUT2D eigenvalue weighted by atomic mass is 16.6. The average molecular weight is 278 g/mol. The van der Waals surface area contributed by atoms with Crippen LogP contribution in [0.2, 0.25) is 0 Å². The van der Waals surface area contributed by atoms with E-state index in [4.69, 9.17) is 15.2 Å². The van der Waals surface area contributed by atoms with Crippen LogP contribution in [-0.4, -0.2) is 42.2 Å². The highest BCUT2D eigenvalue weighted by Crippen LogP contribution is 2.21. The van der Waals surface area contributed by atoms with Crippen molar-refractivity contribution in [3.05, 3.63) is 35.9 Å². The van der Waals surface area contributed by atoms with Crippen molar-refractivity contribution < 1.29 is 19.1 Å². The Bertz CT molecular complexity index is 483. The molecule has 1 heterocycles. The molecule has 0 bridgehead atoms. The van der Waals surface area contributed by atoms with Crippen LogP contribution in [0.4, 0.5) is 4.79 Å². The van der Waals surface area contributed by atoms with Crippen LogP contribution in [0.3, 0.4) is 0 Å². The monoisotopic (exact) mass is 278 g/mol. The van der Waals surface area contributed by atoms with Gasteiger partial charge in [0, 0.05) is 0 Å². The van der Waals surface area contributed by atoms with Crippen molar-refractivity contribution in [1.82, 2.24) is 4.90 Å². The molecular weight excluding hydrogens is 260 g/mol. The predicted octanol–water partition coefficient (Wildman–Crippen LogP) is 0.899. The zero-order valence-corrected chi connectivity index (χ0v) is 11.4. The molecule has 1 amide bonds. The van der Waals surface area contributed by atoms with Crippen LogP contribution in [0.25, 0.3) is 0 Å². The van der Waals surface area contributed by atoms with Gasteiger partial charge in [0.2, 0.25) is 0 Å². The van der Waals surface area contributed by atoms with Crippen molar-refractivity contribution >= 4 is 12.1 Å². The molecule has 0 atom stereocenters. The zero-order chi connectivity index (χ0) is 14.6. The van der Waals surface area contributed by atoms with E-state index in [2.05, 4.69) is 0 Å². The maximum Gasteiger partial charge on any atom is 0.410 e. The van der Waals surface area contributed by atoms with E-state index in [0.29, 0.717) is 0 Å². The number of rotatable bonds is 4. The van der Waals surface area contributed by atoms with E-state index in [1.165, 1.54) is 4.90 Å². The Labute approximate surface area is 117 Å². The maximum atomic E-state index is 11.8. The van der Waals surface area contributed by atoms with Gasteiger partial charge in [0.25, 0.3) is 0 Å². The first kappa shape index (κ1) is 14.3. The number of hydrogen-bond acceptors (Lipinski definition) is 5. The van der Waals surface area contributed by atoms with E-state index in [1.807, 2.05) is 30.3 Å². The number of carbonyl (C=O) groups excluding carboxylic acids is 2. The number of nitrogens with two attached hydrogens (primary N) is 1. The van der Waals surface area contributed by atoms with Crippen LogP contribution in [0.15, 0.2) is 30.3 Å². The third-order valence-electron chi connectivity index (χ3n) is 3.09. The minimum atomic E-state index is -1.10. The van der Waals surface area contributed by atoms with Crippen molar-refractivity contribution in [2.45, 2.75) is 19.1 Å². The number of hydrogen-bond donors (Lipinski definition) is 1. The molecule has 6 nitrogen and oxygen atoms in total. The van der Waals surface area contributed by atoms with Crippen molar-refractivity contribution in [3.63, 3.8) is 0 Å². The van der Waals surface area contributed by atoms with Crippen LogP contribution in [0.1, 0.15) is 12.5 Å². The number of ether oxygens (including phenoxy) is 2. The number of carbonyl (C=O) groups is 2. The number of esters is 1. The second-order valence-corrected chi connectivity index (χ2v) is 4.77. The fourth-order valence-electron chi connectivity index (χ4n) is 1.98. The van der Waals surface area contributed by atoms with Gasteiger partial charge in [-0.3, -0.25) is 0 Å². The Balaban J connectivity index is 1.78. The van der Waals surface area contributed by atoms with Crippen molar-refractivity contribution in [1.29, 1.82) is 0 Å². The van der Waals surface area contributed by atoms with Crippen LogP contribution in [0.5, 0.6) is 0 Å². The first-order chi connectivity index (χ1) is 9.55. The number of amides is 1. The first-order valence-electron chi connectivity index (χ1n) is 6.47. The van der Waals surface area contributed by atoms with Gasteiger partial charge in [-0.25, -0.2) is 9.59 Å². The smallest absolute Gasteiger partial charge is 0.410 e. The van der Waals surface area contributed by atoms with Gasteiger partial charge in [-0.15, -0.1) is 0 Å². The van der Waals surface area contributed by atoms with Gasteiger partial charge in [-0.2, -0.15) is 0 Å². The van der Waals surface area contributed by atoms with E-state index >= 15 is 0 Å². The SMILES string of the molecule is CCOC(=O)C1(N)CN(C(=O)OCc2ccccc2)C1. The van der Waals surface area contributed by atoms with Crippen LogP contribution < -0.4 is 5.73 Å². The summed E-state index contributed by atoms with van der Waals surface area (Å²) in [6.07, 6.45) is -0.473. The Morgan fingerprint density at radius 3 is 2.50 bits per heavy atom. The molecule has 1 saturated heterocycles. The third kappa shape index (κ3) is 3.08. The predicted molar refractivity (Wildman–Crippen MR) is 71.8 cm³/mol.